The van der Waals surface area contributed by atoms with Gasteiger partial charge in [-0.15, -0.1) is 0 Å². The molecule has 8 nitrogen and oxygen atoms in total. The van der Waals surface area contributed by atoms with Crippen molar-refractivity contribution in [2.24, 2.45) is 11.8 Å². The molecule has 0 saturated heterocycles. The maximum absolute atomic E-state index is 12.4. The molecule has 43 heavy (non-hydrogen) atoms. The second-order valence-corrected chi connectivity index (χ2v) is 11.0. The Kier molecular flexibility index (Phi) is 12.4. The monoisotopic (exact) mass is 590 g/mol. The van der Waals surface area contributed by atoms with Crippen molar-refractivity contribution in [3.05, 3.63) is 72.1 Å². The minimum Gasteiger partial charge on any atom is -0.481 e. The van der Waals surface area contributed by atoms with E-state index in [9.17, 15) is 19.5 Å². The number of carboxylic acids is 1. The number of para-hydroxylation sites is 2. The lowest BCUT2D eigenvalue weighted by molar-refractivity contribution is -0.143. The number of esters is 1. The molecule has 2 heterocycles. The number of methoxy groups -OCH3 is 2. The highest BCUT2D eigenvalue weighted by molar-refractivity contribution is 5.95. The minimum absolute atomic E-state index is 0.269. The van der Waals surface area contributed by atoms with Gasteiger partial charge >= 0.3 is 18.0 Å². The molecule has 0 amide bonds. The van der Waals surface area contributed by atoms with Gasteiger partial charge in [-0.05, 0) is 47.9 Å². The number of benzene rings is 2. The number of aromatic nitrogens is 2. The summed E-state index contributed by atoms with van der Waals surface area (Å²) in [6.45, 7) is 8.51. The van der Waals surface area contributed by atoms with Gasteiger partial charge in [-0.1, -0.05) is 89.8 Å². The molecule has 4 aromatic rings. The van der Waals surface area contributed by atoms with Crippen LogP contribution in [0.15, 0.2) is 60.9 Å². The predicted molar refractivity (Wildman–Crippen MR) is 171 cm³/mol. The summed E-state index contributed by atoms with van der Waals surface area (Å²) in [6.07, 6.45) is 8.57. The van der Waals surface area contributed by atoms with E-state index in [4.69, 9.17) is 9.47 Å². The molecule has 0 radical (unpaired) electrons. The van der Waals surface area contributed by atoms with Gasteiger partial charge in [0.1, 0.15) is 0 Å². The number of nitrogens with zero attached hydrogens (tertiary/aromatic N) is 1. The SMILES string of the molecule is CCC(CC)CC(C(=O)O)c1c[nH]c2ccccc12.CCC(CC)CC(C(=O)OC)c1cn(C(=O)OC)c2ccccc12. The van der Waals surface area contributed by atoms with Gasteiger partial charge in [-0.25, -0.2) is 4.79 Å². The van der Waals surface area contributed by atoms with Crippen molar-refractivity contribution < 1.29 is 29.0 Å². The number of hydrogen-bond donors (Lipinski definition) is 2. The number of nitrogens with one attached hydrogen (secondary N) is 1. The van der Waals surface area contributed by atoms with E-state index >= 15 is 0 Å². The Morgan fingerprint density at radius 3 is 1.88 bits per heavy atom. The molecular formula is C35H46N2O6. The van der Waals surface area contributed by atoms with E-state index in [1.807, 2.05) is 54.7 Å². The molecule has 2 N–H and O–H groups in total. The third-order valence-corrected chi connectivity index (χ3v) is 8.72. The normalized spacial score (nSPS) is 12.7. The molecule has 0 aliphatic carbocycles. The lowest BCUT2D eigenvalue weighted by atomic mass is 9.86. The van der Waals surface area contributed by atoms with Crippen LogP contribution in [0.25, 0.3) is 21.8 Å². The van der Waals surface area contributed by atoms with Gasteiger partial charge in [0, 0.05) is 28.7 Å². The highest BCUT2D eigenvalue weighted by Gasteiger charge is 2.29. The van der Waals surface area contributed by atoms with Crippen LogP contribution in [0.4, 0.5) is 4.79 Å². The van der Waals surface area contributed by atoms with Crippen LogP contribution >= 0.6 is 0 Å². The molecule has 8 heteroatoms. The minimum atomic E-state index is -0.725. The first-order valence-corrected chi connectivity index (χ1v) is 15.3. The number of H-pyrrole nitrogens is 1. The number of ether oxygens (including phenoxy) is 2. The smallest absolute Gasteiger partial charge is 0.418 e. The van der Waals surface area contributed by atoms with E-state index in [-0.39, 0.29) is 5.97 Å². The van der Waals surface area contributed by atoms with Crippen molar-refractivity contribution in [3.63, 3.8) is 0 Å². The van der Waals surface area contributed by atoms with Gasteiger partial charge < -0.3 is 19.6 Å². The van der Waals surface area contributed by atoms with Gasteiger partial charge in [-0.2, -0.15) is 0 Å². The number of carboxylic acid groups (broad SMARTS) is 1. The molecular weight excluding hydrogens is 544 g/mol. The Bertz CT molecular complexity index is 1490. The lowest BCUT2D eigenvalue weighted by Gasteiger charge is -2.19. The van der Waals surface area contributed by atoms with E-state index in [0.29, 0.717) is 24.7 Å². The maximum atomic E-state index is 12.4. The van der Waals surface area contributed by atoms with Crippen molar-refractivity contribution in [1.82, 2.24) is 9.55 Å². The predicted octanol–water partition coefficient (Wildman–Crippen LogP) is 8.50. The van der Waals surface area contributed by atoms with Crippen molar-refractivity contribution in [1.29, 1.82) is 0 Å². The molecule has 0 spiro atoms. The fourth-order valence-electron chi connectivity index (χ4n) is 5.88. The van der Waals surface area contributed by atoms with Crippen LogP contribution in [0.3, 0.4) is 0 Å². The highest BCUT2D eigenvalue weighted by Crippen LogP contribution is 2.35. The molecule has 232 valence electrons. The number of aliphatic carboxylic acids is 1. The van der Waals surface area contributed by atoms with Crippen LogP contribution in [0, 0.1) is 11.8 Å². The van der Waals surface area contributed by atoms with Crippen molar-refractivity contribution in [2.45, 2.75) is 78.1 Å². The first-order chi connectivity index (χ1) is 20.7. The van der Waals surface area contributed by atoms with E-state index in [2.05, 4.69) is 32.7 Å². The molecule has 2 atom stereocenters. The zero-order chi connectivity index (χ0) is 31.5. The second-order valence-electron chi connectivity index (χ2n) is 11.0. The molecule has 0 saturated carbocycles. The van der Waals surface area contributed by atoms with Crippen LogP contribution < -0.4 is 0 Å². The number of carbonyl (C=O) groups is 3. The van der Waals surface area contributed by atoms with Crippen molar-refractivity contribution >= 4 is 39.8 Å². The Labute approximate surface area is 254 Å². The molecule has 2 unspecified atom stereocenters. The molecule has 2 aromatic heterocycles. The standard InChI is InChI=1S/C19H25NO4.C16H21NO2/c1-5-13(6-2)11-15(18(21)23-3)16-12-20(19(22)24-4)17-10-8-7-9-14(16)17;1-3-11(4-2)9-13(16(18)19)14-10-17-15-8-6-5-7-12(14)15/h7-10,12-13,15H,5-6,11H2,1-4H3;5-8,10-11,13,17H,3-4,9H2,1-2H3,(H,18,19). The summed E-state index contributed by atoms with van der Waals surface area (Å²) in [4.78, 5) is 39.3. The first-order valence-electron chi connectivity index (χ1n) is 15.3. The fraction of sp³-hybridized carbons (Fsp3) is 0.457. The van der Waals surface area contributed by atoms with Crippen LogP contribution in [0.2, 0.25) is 0 Å². The number of fused-ring (bicyclic) bond motifs is 2. The van der Waals surface area contributed by atoms with E-state index in [0.717, 1.165) is 58.6 Å². The zero-order valence-corrected chi connectivity index (χ0v) is 26.3. The first kappa shape index (κ1) is 33.4. The average Bonchev–Trinajstić information content (AvgIpc) is 3.64. The van der Waals surface area contributed by atoms with Gasteiger partial charge in [0.15, 0.2) is 0 Å². The third-order valence-electron chi connectivity index (χ3n) is 8.72. The van der Waals surface area contributed by atoms with Crippen molar-refractivity contribution in [2.75, 3.05) is 14.2 Å². The number of carbonyl (C=O) groups excluding carboxylic acids is 2. The van der Waals surface area contributed by atoms with E-state index in [1.54, 1.807) is 6.20 Å². The Morgan fingerprint density at radius 1 is 0.767 bits per heavy atom. The molecule has 0 bridgehead atoms. The van der Waals surface area contributed by atoms with Crippen LogP contribution in [0.1, 0.15) is 89.2 Å². The average molecular weight is 591 g/mol. The van der Waals surface area contributed by atoms with E-state index in [1.165, 1.54) is 18.8 Å². The van der Waals surface area contributed by atoms with Crippen LogP contribution in [-0.2, 0) is 19.1 Å². The molecule has 0 fully saturated rings. The van der Waals surface area contributed by atoms with Gasteiger partial charge in [0.05, 0.1) is 31.6 Å². The van der Waals surface area contributed by atoms with Gasteiger partial charge in [0.2, 0.25) is 0 Å². The van der Waals surface area contributed by atoms with Gasteiger partial charge in [0.25, 0.3) is 0 Å². The maximum Gasteiger partial charge on any atom is 0.418 e. The summed E-state index contributed by atoms with van der Waals surface area (Å²) in [7, 11) is 2.75. The summed E-state index contributed by atoms with van der Waals surface area (Å²) < 4.78 is 11.3. The summed E-state index contributed by atoms with van der Waals surface area (Å²) >= 11 is 0. The quantitative estimate of drug-likeness (QED) is 0.160. The summed E-state index contributed by atoms with van der Waals surface area (Å²) in [5.74, 6) is -0.910. The Balaban J connectivity index is 0.000000242. The summed E-state index contributed by atoms with van der Waals surface area (Å²) in [6, 6.07) is 15.4. The van der Waals surface area contributed by atoms with E-state index < -0.39 is 23.9 Å². The summed E-state index contributed by atoms with van der Waals surface area (Å²) in [5.41, 5.74) is 3.47. The molecule has 0 aliphatic heterocycles. The molecule has 2 aromatic carbocycles. The second kappa shape index (κ2) is 16.0. The molecule has 4 rings (SSSR count). The topological polar surface area (TPSA) is 111 Å². The highest BCUT2D eigenvalue weighted by atomic mass is 16.5. The van der Waals surface area contributed by atoms with Crippen LogP contribution in [-0.4, -0.2) is 46.9 Å². The third kappa shape index (κ3) is 7.86. The van der Waals surface area contributed by atoms with Crippen LogP contribution in [0.5, 0.6) is 0 Å². The largest absolute Gasteiger partial charge is 0.481 e. The number of aromatic amines is 1. The Hall–Kier alpha value is -4.07. The molecule has 0 aliphatic rings. The number of rotatable bonds is 12. The number of hydrogen-bond acceptors (Lipinski definition) is 5. The summed E-state index contributed by atoms with van der Waals surface area (Å²) in [5, 5.41) is 11.4. The van der Waals surface area contributed by atoms with Crippen molar-refractivity contribution in [3.8, 4) is 0 Å². The fourth-order valence-corrected chi connectivity index (χ4v) is 5.88. The lowest BCUT2D eigenvalue weighted by Crippen LogP contribution is -2.18. The zero-order valence-electron chi connectivity index (χ0n) is 26.3. The van der Waals surface area contributed by atoms with Gasteiger partial charge in [-0.3, -0.25) is 14.2 Å². The Morgan fingerprint density at radius 2 is 1.33 bits per heavy atom.